The van der Waals surface area contributed by atoms with E-state index in [0.29, 0.717) is 11.4 Å². The van der Waals surface area contributed by atoms with Gasteiger partial charge < -0.3 is 5.32 Å². The first-order valence-electron chi connectivity index (χ1n) is 4.67. The third kappa shape index (κ3) is 2.38. The number of halogens is 1. The van der Waals surface area contributed by atoms with E-state index in [1.807, 2.05) is 42.5 Å². The molecule has 1 aromatic heterocycles. The highest BCUT2D eigenvalue weighted by atomic mass is 79.9. The molecule has 4 heteroatoms. The molecule has 78 valence electrons. The summed E-state index contributed by atoms with van der Waals surface area (Å²) in [7, 11) is 0. The predicted octanol–water partition coefficient (Wildman–Crippen LogP) is 3.46. The van der Waals surface area contributed by atoms with Gasteiger partial charge in [0.2, 0.25) is 0 Å². The van der Waals surface area contributed by atoms with E-state index in [-0.39, 0.29) is 0 Å². The average Bonchev–Trinajstić information content (AvgIpc) is 2.31. The molecule has 0 saturated heterocycles. The second kappa shape index (κ2) is 4.77. The highest BCUT2D eigenvalue weighted by Gasteiger charge is 2.04. The van der Waals surface area contributed by atoms with Crippen LogP contribution in [-0.2, 0) is 0 Å². The van der Waals surface area contributed by atoms with E-state index in [4.69, 9.17) is 5.26 Å². The van der Waals surface area contributed by atoms with Gasteiger partial charge in [-0.15, -0.1) is 0 Å². The Morgan fingerprint density at radius 3 is 2.69 bits per heavy atom. The highest BCUT2D eigenvalue weighted by molar-refractivity contribution is 9.10. The van der Waals surface area contributed by atoms with Crippen LogP contribution in [0, 0.1) is 11.3 Å². The first-order valence-corrected chi connectivity index (χ1v) is 5.46. The number of aromatic nitrogens is 1. The Morgan fingerprint density at radius 1 is 1.25 bits per heavy atom. The monoisotopic (exact) mass is 273 g/mol. The molecule has 0 aliphatic rings. The fourth-order valence-electron chi connectivity index (χ4n) is 1.30. The van der Waals surface area contributed by atoms with E-state index in [1.165, 1.54) is 0 Å². The van der Waals surface area contributed by atoms with Crippen LogP contribution in [-0.4, -0.2) is 4.98 Å². The van der Waals surface area contributed by atoms with Crippen LogP contribution in [0.3, 0.4) is 0 Å². The second-order valence-corrected chi connectivity index (χ2v) is 4.07. The van der Waals surface area contributed by atoms with Crippen molar-refractivity contribution >= 4 is 27.3 Å². The smallest absolute Gasteiger partial charge is 0.164 e. The van der Waals surface area contributed by atoms with Crippen LogP contribution >= 0.6 is 15.9 Å². The van der Waals surface area contributed by atoms with E-state index < -0.39 is 0 Å². The summed E-state index contributed by atoms with van der Waals surface area (Å²) in [6.07, 6.45) is 1.61. The molecule has 2 aromatic rings. The van der Waals surface area contributed by atoms with Gasteiger partial charge in [-0.3, -0.25) is 0 Å². The molecule has 0 fully saturated rings. The molecule has 0 amide bonds. The Bertz CT molecular complexity index is 532. The zero-order chi connectivity index (χ0) is 11.4. The van der Waals surface area contributed by atoms with Crippen LogP contribution in [0.2, 0.25) is 0 Å². The number of hydrogen-bond donors (Lipinski definition) is 1. The summed E-state index contributed by atoms with van der Waals surface area (Å²) in [6.45, 7) is 0. The average molecular weight is 274 g/mol. The van der Waals surface area contributed by atoms with Gasteiger partial charge in [0.25, 0.3) is 0 Å². The Labute approximate surface area is 102 Å². The van der Waals surface area contributed by atoms with Crippen molar-refractivity contribution in [2.75, 3.05) is 5.32 Å². The summed E-state index contributed by atoms with van der Waals surface area (Å²) in [5.74, 6) is 0. The lowest BCUT2D eigenvalue weighted by Gasteiger charge is -2.07. The molecule has 0 bridgehead atoms. The fraction of sp³-hybridized carbons (Fsp3) is 0. The van der Waals surface area contributed by atoms with Crippen LogP contribution in [0.4, 0.5) is 11.4 Å². The third-order valence-corrected chi connectivity index (χ3v) is 2.45. The molecule has 2 rings (SSSR count). The van der Waals surface area contributed by atoms with Crippen LogP contribution in [0.15, 0.2) is 47.1 Å². The summed E-state index contributed by atoms with van der Waals surface area (Å²) in [4.78, 5) is 4.02. The Hall–Kier alpha value is -1.86. The molecular formula is C12H8BrN3. The van der Waals surface area contributed by atoms with Gasteiger partial charge in [-0.1, -0.05) is 18.2 Å². The van der Waals surface area contributed by atoms with Crippen molar-refractivity contribution in [3.63, 3.8) is 0 Å². The number of nitrogens with one attached hydrogen (secondary N) is 1. The minimum Gasteiger partial charge on any atom is -0.353 e. The molecule has 16 heavy (non-hydrogen) atoms. The molecule has 0 radical (unpaired) electrons. The molecule has 1 aromatic carbocycles. The molecule has 1 heterocycles. The van der Waals surface area contributed by atoms with Gasteiger partial charge in [0, 0.05) is 16.4 Å². The normalized spacial score (nSPS) is 9.50. The van der Waals surface area contributed by atoms with Crippen LogP contribution in [0.25, 0.3) is 0 Å². The Kier molecular flexibility index (Phi) is 3.18. The summed E-state index contributed by atoms with van der Waals surface area (Å²) >= 11 is 3.33. The number of rotatable bonds is 2. The van der Waals surface area contributed by atoms with Crippen molar-refractivity contribution in [2.45, 2.75) is 0 Å². The quantitative estimate of drug-likeness (QED) is 0.912. The molecule has 0 unspecified atom stereocenters. The molecule has 0 atom stereocenters. The van der Waals surface area contributed by atoms with Crippen LogP contribution < -0.4 is 5.32 Å². The maximum atomic E-state index is 8.92. The molecule has 0 aliphatic carbocycles. The van der Waals surface area contributed by atoms with E-state index in [0.717, 1.165) is 10.2 Å². The topological polar surface area (TPSA) is 48.7 Å². The van der Waals surface area contributed by atoms with Crippen molar-refractivity contribution in [3.05, 3.63) is 52.8 Å². The minimum atomic E-state index is 0.382. The number of para-hydroxylation sites is 1. The third-order valence-electron chi connectivity index (χ3n) is 2.01. The molecule has 0 aliphatic heterocycles. The van der Waals surface area contributed by atoms with Crippen LogP contribution in [0.5, 0.6) is 0 Å². The van der Waals surface area contributed by atoms with Crippen molar-refractivity contribution in [1.82, 2.24) is 4.98 Å². The lowest BCUT2D eigenvalue weighted by molar-refractivity contribution is 1.25. The largest absolute Gasteiger partial charge is 0.353 e. The number of benzene rings is 1. The molecule has 1 N–H and O–H groups in total. The van der Waals surface area contributed by atoms with Gasteiger partial charge >= 0.3 is 0 Å². The maximum Gasteiger partial charge on any atom is 0.164 e. The number of pyridine rings is 1. The Balaban J connectivity index is 2.35. The number of nitrogens with zero attached hydrogens (tertiary/aromatic N) is 2. The minimum absolute atomic E-state index is 0.382. The molecule has 3 nitrogen and oxygen atoms in total. The van der Waals surface area contributed by atoms with Gasteiger partial charge in [0.05, 0.1) is 5.69 Å². The SMILES string of the molecule is N#Cc1ncc(Br)cc1Nc1ccccc1. The van der Waals surface area contributed by atoms with E-state index in [9.17, 15) is 0 Å². The first-order chi connectivity index (χ1) is 7.79. The second-order valence-electron chi connectivity index (χ2n) is 3.15. The zero-order valence-electron chi connectivity index (χ0n) is 8.31. The number of hydrogen-bond acceptors (Lipinski definition) is 3. The van der Waals surface area contributed by atoms with Crippen molar-refractivity contribution in [3.8, 4) is 6.07 Å². The fourth-order valence-corrected chi connectivity index (χ4v) is 1.63. The summed E-state index contributed by atoms with van der Waals surface area (Å²) in [5.41, 5.74) is 2.01. The molecule has 0 spiro atoms. The summed E-state index contributed by atoms with van der Waals surface area (Å²) in [5, 5.41) is 12.1. The Morgan fingerprint density at radius 2 is 2.00 bits per heavy atom. The first kappa shape index (κ1) is 10.7. The zero-order valence-corrected chi connectivity index (χ0v) is 9.90. The van der Waals surface area contributed by atoms with E-state index in [2.05, 4.69) is 26.2 Å². The highest BCUT2D eigenvalue weighted by Crippen LogP contribution is 2.22. The summed E-state index contributed by atoms with van der Waals surface area (Å²) < 4.78 is 0.838. The standard InChI is InChI=1S/C12H8BrN3/c13-9-6-11(12(7-14)15-8-9)16-10-4-2-1-3-5-10/h1-6,8,16H. The predicted molar refractivity (Wildman–Crippen MR) is 66.4 cm³/mol. The molecule has 0 saturated carbocycles. The van der Waals surface area contributed by atoms with Gasteiger partial charge in [-0.2, -0.15) is 5.26 Å². The van der Waals surface area contributed by atoms with Gasteiger partial charge in [-0.25, -0.2) is 4.98 Å². The summed E-state index contributed by atoms with van der Waals surface area (Å²) in [6, 6.07) is 13.5. The lowest BCUT2D eigenvalue weighted by atomic mass is 10.2. The van der Waals surface area contributed by atoms with Crippen molar-refractivity contribution < 1.29 is 0 Å². The van der Waals surface area contributed by atoms with Crippen molar-refractivity contribution in [1.29, 1.82) is 5.26 Å². The maximum absolute atomic E-state index is 8.92. The van der Waals surface area contributed by atoms with E-state index >= 15 is 0 Å². The van der Waals surface area contributed by atoms with Crippen LogP contribution in [0.1, 0.15) is 5.69 Å². The van der Waals surface area contributed by atoms with E-state index in [1.54, 1.807) is 6.20 Å². The number of nitriles is 1. The van der Waals surface area contributed by atoms with Gasteiger partial charge in [0.15, 0.2) is 5.69 Å². The molecular weight excluding hydrogens is 266 g/mol. The lowest BCUT2D eigenvalue weighted by Crippen LogP contribution is -1.95. The van der Waals surface area contributed by atoms with Gasteiger partial charge in [-0.05, 0) is 34.1 Å². The number of anilines is 2. The van der Waals surface area contributed by atoms with Crippen molar-refractivity contribution in [2.24, 2.45) is 0 Å². The van der Waals surface area contributed by atoms with Gasteiger partial charge in [0.1, 0.15) is 6.07 Å².